The molecule has 0 amide bonds. The highest BCUT2D eigenvalue weighted by Crippen LogP contribution is 2.35. The smallest absolute Gasteiger partial charge is 0.311 e. The number of piperidine rings is 1. The summed E-state index contributed by atoms with van der Waals surface area (Å²) < 4.78 is 12.2. The van der Waals surface area contributed by atoms with Gasteiger partial charge in [-0.15, -0.1) is 0 Å². The Kier molecular flexibility index (Phi) is 9.41. The Hall–Kier alpha value is -2.33. The van der Waals surface area contributed by atoms with Gasteiger partial charge in [-0.05, 0) is 50.6 Å². The third-order valence-electron chi connectivity index (χ3n) is 6.16. The molecule has 2 aromatic carbocycles. The molecule has 0 bridgehead atoms. The van der Waals surface area contributed by atoms with Crippen molar-refractivity contribution in [2.45, 2.75) is 76.9 Å². The molecule has 4 heteroatoms. The maximum atomic E-state index is 12.4. The van der Waals surface area contributed by atoms with E-state index in [0.717, 1.165) is 44.2 Å². The van der Waals surface area contributed by atoms with Crippen LogP contribution in [-0.4, -0.2) is 30.5 Å². The van der Waals surface area contributed by atoms with Gasteiger partial charge in [0, 0.05) is 18.9 Å². The van der Waals surface area contributed by atoms with Crippen LogP contribution in [0.2, 0.25) is 0 Å². The molecule has 1 saturated heterocycles. The van der Waals surface area contributed by atoms with Crippen LogP contribution in [-0.2, 0) is 4.79 Å². The molecule has 0 spiro atoms. The lowest BCUT2D eigenvalue weighted by Gasteiger charge is -2.35. The van der Waals surface area contributed by atoms with Gasteiger partial charge in [0.25, 0.3) is 0 Å². The van der Waals surface area contributed by atoms with Crippen molar-refractivity contribution in [2.75, 3.05) is 13.6 Å². The molecule has 1 fully saturated rings. The molecular weight excluding hydrogens is 386 g/mol. The molecule has 0 saturated carbocycles. The number of hydrogen-bond acceptors (Lipinski definition) is 4. The maximum Gasteiger partial charge on any atom is 0.311 e. The van der Waals surface area contributed by atoms with Crippen LogP contribution in [0.25, 0.3) is 0 Å². The summed E-state index contributed by atoms with van der Waals surface area (Å²) in [6, 6.07) is 18.4. The summed E-state index contributed by atoms with van der Waals surface area (Å²) in [4.78, 5) is 14.8. The van der Waals surface area contributed by atoms with Gasteiger partial charge in [-0.3, -0.25) is 4.79 Å². The van der Waals surface area contributed by atoms with Gasteiger partial charge in [0.2, 0.25) is 0 Å². The Morgan fingerprint density at radius 3 is 2.48 bits per heavy atom. The van der Waals surface area contributed by atoms with E-state index in [-0.39, 0.29) is 12.1 Å². The number of ether oxygens (including phenoxy) is 2. The molecule has 0 radical (unpaired) electrons. The zero-order chi connectivity index (χ0) is 21.9. The van der Waals surface area contributed by atoms with E-state index in [2.05, 4.69) is 43.1 Å². The molecular formula is C27H37NO3. The number of nitrogens with zero attached hydrogens (tertiary/aromatic N) is 1. The number of esters is 1. The van der Waals surface area contributed by atoms with E-state index in [1.54, 1.807) is 0 Å². The van der Waals surface area contributed by atoms with Crippen molar-refractivity contribution < 1.29 is 14.3 Å². The van der Waals surface area contributed by atoms with Crippen molar-refractivity contribution in [3.63, 3.8) is 0 Å². The van der Waals surface area contributed by atoms with E-state index in [1.165, 1.54) is 19.3 Å². The lowest BCUT2D eigenvalue weighted by molar-refractivity contribution is -0.134. The van der Waals surface area contributed by atoms with E-state index < -0.39 is 0 Å². The Bertz CT molecular complexity index is 792. The number of carbonyl (C=O) groups is 1. The molecule has 0 aliphatic carbocycles. The molecule has 2 aromatic rings. The second kappa shape index (κ2) is 12.5. The molecule has 168 valence electrons. The first kappa shape index (κ1) is 23.3. The number of rotatable bonds is 11. The van der Waals surface area contributed by atoms with E-state index in [1.807, 2.05) is 30.3 Å². The first-order valence-electron chi connectivity index (χ1n) is 11.9. The van der Waals surface area contributed by atoms with Crippen LogP contribution < -0.4 is 9.47 Å². The predicted molar refractivity (Wildman–Crippen MR) is 126 cm³/mol. The van der Waals surface area contributed by atoms with Crippen LogP contribution in [0.1, 0.15) is 76.4 Å². The molecule has 4 nitrogen and oxygen atoms in total. The van der Waals surface area contributed by atoms with E-state index in [0.29, 0.717) is 24.0 Å². The van der Waals surface area contributed by atoms with E-state index in [9.17, 15) is 4.79 Å². The Labute approximate surface area is 187 Å². The minimum Gasteiger partial charge on any atom is -0.482 e. The van der Waals surface area contributed by atoms with Gasteiger partial charge in [-0.25, -0.2) is 0 Å². The number of benzene rings is 2. The number of unbranched alkanes of at least 4 members (excludes halogenated alkanes) is 3. The first-order chi connectivity index (χ1) is 15.2. The standard InChI is InChI=1S/C27H37NO3/c1-3-4-5-9-19-27(29)31-25-18-11-10-17-24(25)30-26(22-14-7-6-8-15-22)21-23-16-12-13-20-28(23)2/h6-8,10-11,14-15,17-18,23,26H,3-5,9,12-13,16,19-21H2,1-2H3. The van der Waals surface area contributed by atoms with Crippen molar-refractivity contribution >= 4 is 5.97 Å². The topological polar surface area (TPSA) is 38.8 Å². The van der Waals surface area contributed by atoms with Crippen molar-refractivity contribution in [3.8, 4) is 11.5 Å². The highest BCUT2D eigenvalue weighted by Gasteiger charge is 2.26. The van der Waals surface area contributed by atoms with Crippen LogP contribution in [0, 0.1) is 0 Å². The lowest BCUT2D eigenvalue weighted by atomic mass is 9.94. The minimum absolute atomic E-state index is 0.0869. The fourth-order valence-electron chi connectivity index (χ4n) is 4.26. The van der Waals surface area contributed by atoms with E-state index >= 15 is 0 Å². The third-order valence-corrected chi connectivity index (χ3v) is 6.16. The first-order valence-corrected chi connectivity index (χ1v) is 11.9. The molecule has 2 unspecified atom stereocenters. The fraction of sp³-hybridized carbons (Fsp3) is 0.519. The highest BCUT2D eigenvalue weighted by atomic mass is 16.6. The van der Waals surface area contributed by atoms with Gasteiger partial charge in [0.1, 0.15) is 6.10 Å². The zero-order valence-electron chi connectivity index (χ0n) is 19.1. The summed E-state index contributed by atoms with van der Waals surface area (Å²) >= 11 is 0. The van der Waals surface area contributed by atoms with Crippen LogP contribution in [0.15, 0.2) is 54.6 Å². The molecule has 2 atom stereocenters. The summed E-state index contributed by atoms with van der Waals surface area (Å²) in [5.74, 6) is 0.966. The molecule has 1 aliphatic rings. The minimum atomic E-state index is -0.185. The quantitative estimate of drug-likeness (QED) is 0.233. The number of para-hydroxylation sites is 2. The largest absolute Gasteiger partial charge is 0.482 e. The highest BCUT2D eigenvalue weighted by molar-refractivity contribution is 5.73. The van der Waals surface area contributed by atoms with Gasteiger partial charge in [0.05, 0.1) is 0 Å². The Balaban J connectivity index is 1.71. The van der Waals surface area contributed by atoms with Gasteiger partial charge in [-0.2, -0.15) is 0 Å². The summed E-state index contributed by atoms with van der Waals surface area (Å²) in [6.45, 7) is 3.30. The fourth-order valence-corrected chi connectivity index (χ4v) is 4.26. The summed E-state index contributed by atoms with van der Waals surface area (Å²) in [5.41, 5.74) is 1.15. The maximum absolute atomic E-state index is 12.4. The van der Waals surface area contributed by atoms with Gasteiger partial charge < -0.3 is 14.4 Å². The Morgan fingerprint density at radius 2 is 1.74 bits per heavy atom. The van der Waals surface area contributed by atoms with Crippen molar-refractivity contribution in [1.29, 1.82) is 0 Å². The third kappa shape index (κ3) is 7.39. The number of likely N-dealkylation sites (tertiary alicyclic amines) is 1. The zero-order valence-corrected chi connectivity index (χ0v) is 19.1. The van der Waals surface area contributed by atoms with Crippen LogP contribution in [0.5, 0.6) is 11.5 Å². The Morgan fingerprint density at radius 1 is 1.00 bits per heavy atom. The average molecular weight is 424 g/mol. The summed E-state index contributed by atoms with van der Waals surface area (Å²) in [5, 5.41) is 0. The molecule has 1 heterocycles. The van der Waals surface area contributed by atoms with Gasteiger partial charge in [0.15, 0.2) is 11.5 Å². The van der Waals surface area contributed by atoms with Crippen molar-refractivity contribution in [1.82, 2.24) is 4.90 Å². The molecule has 0 aromatic heterocycles. The molecule has 0 N–H and O–H groups in total. The van der Waals surface area contributed by atoms with Crippen LogP contribution in [0.3, 0.4) is 0 Å². The van der Waals surface area contributed by atoms with Crippen LogP contribution >= 0.6 is 0 Å². The summed E-state index contributed by atoms with van der Waals surface area (Å²) in [6.07, 6.45) is 9.25. The lowest BCUT2D eigenvalue weighted by Crippen LogP contribution is -2.37. The second-order valence-electron chi connectivity index (χ2n) is 8.61. The SMILES string of the molecule is CCCCCCC(=O)Oc1ccccc1OC(CC1CCCCN1C)c1ccccc1. The monoisotopic (exact) mass is 423 g/mol. The molecule has 31 heavy (non-hydrogen) atoms. The average Bonchev–Trinajstić information content (AvgIpc) is 2.79. The predicted octanol–water partition coefficient (Wildman–Crippen LogP) is 6.56. The van der Waals surface area contributed by atoms with Gasteiger partial charge in [-0.1, -0.05) is 75.1 Å². The van der Waals surface area contributed by atoms with Gasteiger partial charge >= 0.3 is 5.97 Å². The number of carbonyl (C=O) groups excluding carboxylic acids is 1. The van der Waals surface area contributed by atoms with Crippen molar-refractivity contribution in [3.05, 3.63) is 60.2 Å². The molecule has 1 aliphatic heterocycles. The molecule has 3 rings (SSSR count). The van der Waals surface area contributed by atoms with Crippen LogP contribution in [0.4, 0.5) is 0 Å². The normalized spacial score (nSPS) is 17.8. The van der Waals surface area contributed by atoms with Crippen molar-refractivity contribution in [2.24, 2.45) is 0 Å². The number of hydrogen-bond donors (Lipinski definition) is 0. The van der Waals surface area contributed by atoms with E-state index in [4.69, 9.17) is 9.47 Å². The summed E-state index contributed by atoms with van der Waals surface area (Å²) in [7, 11) is 2.21. The second-order valence-corrected chi connectivity index (χ2v) is 8.61.